The van der Waals surface area contributed by atoms with E-state index < -0.39 is 12.3 Å². The van der Waals surface area contributed by atoms with Crippen molar-refractivity contribution in [1.29, 1.82) is 0 Å². The Labute approximate surface area is 213 Å². The van der Waals surface area contributed by atoms with E-state index in [1.807, 2.05) is 54.6 Å². The topological polar surface area (TPSA) is 51.6 Å². The molecule has 4 heteroatoms. The first kappa shape index (κ1) is 16.6. The van der Waals surface area contributed by atoms with Crippen LogP contribution in [0.2, 0.25) is 0 Å². The fourth-order valence-corrected chi connectivity index (χ4v) is 4.50. The predicted molar refractivity (Wildman–Crippen MR) is 146 cm³/mol. The Balaban J connectivity index is 1.48. The van der Waals surface area contributed by atoms with Gasteiger partial charge in [0.25, 0.3) is 0 Å². The molecular weight excluding hydrogens is 440 g/mol. The molecule has 0 aliphatic carbocycles. The summed E-state index contributed by atoms with van der Waals surface area (Å²) >= 11 is 0. The predicted octanol–water partition coefficient (Wildman–Crippen LogP) is 7.73. The Bertz CT molecular complexity index is 2100. The SMILES string of the molecule is [2H]c1nc([2H])c([2H])c(-c2nc(-c3ccc4cc5ccccc5cc4c3)cc(-c3cnc4ccccc4c3)n2)c1[2H]. The minimum absolute atomic E-state index is 0.00799. The monoisotopic (exact) mass is 464 g/mol. The van der Waals surface area contributed by atoms with E-state index in [9.17, 15) is 0 Å². The van der Waals surface area contributed by atoms with Crippen LogP contribution in [0.15, 0.2) is 122 Å². The first-order chi connectivity index (χ1) is 19.4. The second-order valence-corrected chi connectivity index (χ2v) is 8.60. The van der Waals surface area contributed by atoms with Gasteiger partial charge in [0, 0.05) is 40.6 Å². The van der Waals surface area contributed by atoms with Gasteiger partial charge in [-0.1, -0.05) is 54.6 Å². The van der Waals surface area contributed by atoms with Gasteiger partial charge in [-0.2, -0.15) is 0 Å². The van der Waals surface area contributed by atoms with E-state index in [4.69, 9.17) is 15.5 Å². The molecule has 36 heavy (non-hydrogen) atoms. The number of rotatable bonds is 3. The van der Waals surface area contributed by atoms with Gasteiger partial charge in [0.2, 0.25) is 0 Å². The highest BCUT2D eigenvalue weighted by atomic mass is 14.9. The number of para-hydroxylation sites is 1. The van der Waals surface area contributed by atoms with Crippen molar-refractivity contribution in [3.8, 4) is 33.9 Å². The fourth-order valence-electron chi connectivity index (χ4n) is 4.50. The van der Waals surface area contributed by atoms with E-state index >= 15 is 0 Å². The van der Waals surface area contributed by atoms with E-state index in [1.54, 1.807) is 6.20 Å². The Morgan fingerprint density at radius 3 is 1.97 bits per heavy atom. The van der Waals surface area contributed by atoms with Crippen LogP contribution < -0.4 is 0 Å². The van der Waals surface area contributed by atoms with Crippen LogP contribution >= 0.6 is 0 Å². The smallest absolute Gasteiger partial charge is 0.160 e. The maximum Gasteiger partial charge on any atom is 0.160 e. The standard InChI is InChI=1S/C32H20N4/c1-2-6-23-16-27-17-26(10-9-24(27)15-22(23)5-1)30-19-31(36-32(35-30)21-11-13-33-14-12-21)28-18-25-7-3-4-8-29(25)34-20-28/h1-20H/i11D,12D,13D,14D. The summed E-state index contributed by atoms with van der Waals surface area (Å²) in [5.41, 5.74) is 3.61. The Morgan fingerprint density at radius 1 is 0.528 bits per heavy atom. The van der Waals surface area contributed by atoms with E-state index in [0.717, 1.165) is 38.2 Å². The maximum absolute atomic E-state index is 8.47. The quantitative estimate of drug-likeness (QED) is 0.251. The van der Waals surface area contributed by atoms with Crippen LogP contribution in [-0.2, 0) is 0 Å². The lowest BCUT2D eigenvalue weighted by atomic mass is 10.00. The number of aromatic nitrogens is 4. The Morgan fingerprint density at radius 2 is 1.17 bits per heavy atom. The van der Waals surface area contributed by atoms with Gasteiger partial charge >= 0.3 is 0 Å². The first-order valence-corrected chi connectivity index (χ1v) is 11.6. The van der Waals surface area contributed by atoms with Gasteiger partial charge in [-0.3, -0.25) is 9.97 Å². The fraction of sp³-hybridized carbons (Fsp3) is 0. The summed E-state index contributed by atoms with van der Waals surface area (Å²) in [6.07, 6.45) is 0.958. The zero-order valence-corrected chi connectivity index (χ0v) is 19.0. The number of hydrogen-bond donors (Lipinski definition) is 0. The van der Waals surface area contributed by atoms with E-state index in [2.05, 4.69) is 46.4 Å². The summed E-state index contributed by atoms with van der Waals surface area (Å²) in [7, 11) is 0. The number of fused-ring (bicyclic) bond motifs is 3. The molecule has 4 aromatic carbocycles. The molecule has 168 valence electrons. The summed E-state index contributed by atoms with van der Waals surface area (Å²) < 4.78 is 33.1. The molecule has 0 saturated carbocycles. The van der Waals surface area contributed by atoms with Crippen molar-refractivity contribution in [2.24, 2.45) is 0 Å². The van der Waals surface area contributed by atoms with Crippen LogP contribution in [0.25, 0.3) is 66.4 Å². The second kappa shape index (κ2) is 8.36. The minimum atomic E-state index is -0.392. The molecule has 0 bridgehead atoms. The summed E-state index contributed by atoms with van der Waals surface area (Å²) in [4.78, 5) is 17.8. The van der Waals surface area contributed by atoms with E-state index in [0.29, 0.717) is 11.4 Å². The number of nitrogens with zero attached hydrogens (tertiary/aromatic N) is 4. The molecule has 4 nitrogen and oxygen atoms in total. The van der Waals surface area contributed by atoms with Gasteiger partial charge < -0.3 is 0 Å². The van der Waals surface area contributed by atoms with Gasteiger partial charge in [0.05, 0.1) is 22.4 Å². The second-order valence-electron chi connectivity index (χ2n) is 8.60. The van der Waals surface area contributed by atoms with E-state index in [-0.39, 0.29) is 23.5 Å². The molecule has 0 unspecified atom stereocenters. The van der Waals surface area contributed by atoms with Gasteiger partial charge in [-0.05, 0) is 70.0 Å². The molecule has 0 N–H and O–H groups in total. The van der Waals surface area contributed by atoms with Crippen molar-refractivity contribution in [2.75, 3.05) is 0 Å². The third-order valence-electron chi connectivity index (χ3n) is 6.31. The van der Waals surface area contributed by atoms with Gasteiger partial charge in [-0.25, -0.2) is 9.97 Å². The van der Waals surface area contributed by atoms with Crippen LogP contribution in [0.3, 0.4) is 0 Å². The Hall–Kier alpha value is -4.96. The molecule has 0 amide bonds. The van der Waals surface area contributed by atoms with Crippen LogP contribution in [0.1, 0.15) is 5.48 Å². The zero-order valence-electron chi connectivity index (χ0n) is 23.0. The molecule has 0 fully saturated rings. The number of pyridine rings is 2. The summed E-state index contributed by atoms with van der Waals surface area (Å²) in [5, 5.41) is 5.41. The molecule has 3 aromatic heterocycles. The van der Waals surface area contributed by atoms with Crippen molar-refractivity contribution in [3.05, 3.63) is 122 Å². The summed E-state index contributed by atoms with van der Waals surface area (Å²) in [6.45, 7) is 0. The highest BCUT2D eigenvalue weighted by molar-refractivity contribution is 5.99. The van der Waals surface area contributed by atoms with Crippen LogP contribution in [0.5, 0.6) is 0 Å². The number of benzene rings is 4. The van der Waals surface area contributed by atoms with Crippen molar-refractivity contribution in [2.45, 2.75) is 0 Å². The van der Waals surface area contributed by atoms with Crippen molar-refractivity contribution >= 4 is 32.4 Å². The third kappa shape index (κ3) is 3.65. The maximum atomic E-state index is 8.47. The third-order valence-corrected chi connectivity index (χ3v) is 6.31. The molecule has 7 rings (SSSR count). The van der Waals surface area contributed by atoms with E-state index in [1.165, 1.54) is 5.39 Å². The average molecular weight is 465 g/mol. The molecule has 0 aliphatic rings. The van der Waals surface area contributed by atoms with Crippen molar-refractivity contribution in [3.63, 3.8) is 0 Å². The van der Waals surface area contributed by atoms with Gasteiger partial charge in [-0.15, -0.1) is 0 Å². The van der Waals surface area contributed by atoms with Crippen LogP contribution in [-0.4, -0.2) is 19.9 Å². The van der Waals surface area contributed by atoms with Crippen LogP contribution in [0, 0.1) is 0 Å². The summed E-state index contributed by atoms with van der Waals surface area (Å²) in [6, 6.07) is 29.7. The Kier molecular flexibility index (Phi) is 3.86. The van der Waals surface area contributed by atoms with Crippen LogP contribution in [0.4, 0.5) is 0 Å². The highest BCUT2D eigenvalue weighted by Crippen LogP contribution is 2.31. The zero-order chi connectivity index (χ0) is 27.4. The van der Waals surface area contributed by atoms with Crippen molar-refractivity contribution < 1.29 is 5.48 Å². The molecule has 0 spiro atoms. The first-order valence-electron chi connectivity index (χ1n) is 13.6. The molecule has 0 radical (unpaired) electrons. The van der Waals surface area contributed by atoms with Crippen molar-refractivity contribution in [1.82, 2.24) is 19.9 Å². The average Bonchev–Trinajstić information content (AvgIpc) is 2.98. The molecule has 0 atom stereocenters. The lowest BCUT2D eigenvalue weighted by Gasteiger charge is -2.11. The molecule has 7 aromatic rings. The minimum Gasteiger partial charge on any atom is -0.265 e. The molecule has 0 aliphatic heterocycles. The lowest BCUT2D eigenvalue weighted by molar-refractivity contribution is 1.17. The number of hydrogen-bond acceptors (Lipinski definition) is 4. The highest BCUT2D eigenvalue weighted by Gasteiger charge is 2.12. The largest absolute Gasteiger partial charge is 0.265 e. The van der Waals surface area contributed by atoms with Gasteiger partial charge in [0.1, 0.15) is 0 Å². The summed E-state index contributed by atoms with van der Waals surface area (Å²) in [5.74, 6) is 0.0960. The normalized spacial score (nSPS) is 12.9. The molecule has 3 heterocycles. The molecular formula is C32H20N4. The lowest BCUT2D eigenvalue weighted by Crippen LogP contribution is -1.96. The molecule has 0 saturated heterocycles. The van der Waals surface area contributed by atoms with Gasteiger partial charge in [0.15, 0.2) is 5.82 Å².